The number of hydrogen-bond donors (Lipinski definition) is 1. The smallest absolute Gasteiger partial charge is 0.310 e. The molecule has 0 aromatic heterocycles. The number of carboxylic acid groups (broad SMARTS) is 1. The van der Waals surface area contributed by atoms with Crippen molar-refractivity contribution in [1.29, 1.82) is 0 Å². The highest BCUT2D eigenvalue weighted by Crippen LogP contribution is 2.28. The first-order valence-corrected chi connectivity index (χ1v) is 3.97. The van der Waals surface area contributed by atoms with Gasteiger partial charge in [-0.15, -0.1) is 0 Å². The van der Waals surface area contributed by atoms with Crippen molar-refractivity contribution < 1.29 is 18.9 Å². The Morgan fingerprint density at radius 2 is 2.00 bits per heavy atom. The van der Waals surface area contributed by atoms with Crippen molar-refractivity contribution >= 4 is 11.7 Å². The van der Waals surface area contributed by atoms with E-state index in [1.54, 1.807) is 0 Å². The summed E-state index contributed by atoms with van der Waals surface area (Å²) in [6.07, 6.45) is 0. The summed E-state index contributed by atoms with van der Waals surface area (Å²) in [6.45, 7) is 1.37. The topological polar surface area (TPSA) is 40.5 Å². The predicted molar refractivity (Wildman–Crippen MR) is 47.2 cm³/mol. The second-order valence-electron chi connectivity index (χ2n) is 2.85. The van der Waals surface area contributed by atoms with E-state index < -0.39 is 17.2 Å². The Morgan fingerprint density at radius 3 is 2.50 bits per heavy atom. The summed E-state index contributed by atoms with van der Waals surface area (Å²) >= 11 is 0. The molecule has 0 saturated heterocycles. The van der Waals surface area contributed by atoms with Gasteiger partial charge in [-0.3, -0.25) is 4.79 Å². The van der Waals surface area contributed by atoms with Crippen LogP contribution in [0.15, 0.2) is 24.3 Å². The van der Waals surface area contributed by atoms with E-state index in [4.69, 9.17) is 5.11 Å². The molecular weight excluding hydrogens is 192 g/mol. The largest absolute Gasteiger partial charge is 0.481 e. The maximum Gasteiger partial charge on any atom is 0.310 e. The first kappa shape index (κ1) is 10.4. The van der Waals surface area contributed by atoms with Crippen LogP contribution in [-0.4, -0.2) is 11.1 Å². The van der Waals surface area contributed by atoms with Crippen LogP contribution in [0.4, 0.5) is 14.6 Å². The summed E-state index contributed by atoms with van der Waals surface area (Å²) in [6, 6.07) is 5.51. The fraction of sp³-hybridized carbons (Fsp3) is 0.222. The maximum atomic E-state index is 12.3. The van der Waals surface area contributed by atoms with Gasteiger partial charge in [0.05, 0.1) is 5.92 Å². The normalized spacial score (nSPS) is 12.2. The Balaban J connectivity index is 3.13. The van der Waals surface area contributed by atoms with Crippen molar-refractivity contribution in [3.05, 3.63) is 29.8 Å². The molecule has 0 heterocycles. The number of carboxylic acids is 1. The third-order valence-electron chi connectivity index (χ3n) is 1.96. The Morgan fingerprint density at radius 1 is 1.43 bits per heavy atom. The summed E-state index contributed by atoms with van der Waals surface area (Å²) in [5.74, 6) is -2.07. The minimum Gasteiger partial charge on any atom is -0.481 e. The standard InChI is InChI=1S/C9H9F2NO2/c1-6(9(13)14)7-4-2-3-5-8(7)12(10)11/h2-6H,1H3,(H,13,14). The quantitative estimate of drug-likeness (QED) is 0.763. The molecule has 0 spiro atoms. The average Bonchev–Trinajstić information content (AvgIpc) is 2.16. The average molecular weight is 201 g/mol. The molecule has 0 bridgehead atoms. The highest BCUT2D eigenvalue weighted by atomic mass is 19.4. The van der Waals surface area contributed by atoms with Crippen molar-refractivity contribution in [1.82, 2.24) is 0 Å². The maximum absolute atomic E-state index is 12.3. The Bertz CT molecular complexity index is 341. The van der Waals surface area contributed by atoms with Gasteiger partial charge in [0.1, 0.15) is 5.69 Å². The van der Waals surface area contributed by atoms with E-state index in [9.17, 15) is 13.8 Å². The number of hydrogen-bond acceptors (Lipinski definition) is 2. The summed E-state index contributed by atoms with van der Waals surface area (Å²) in [5.41, 5.74) is -0.271. The second kappa shape index (κ2) is 4.04. The van der Waals surface area contributed by atoms with Gasteiger partial charge < -0.3 is 5.11 Å². The number of anilines is 1. The highest BCUT2D eigenvalue weighted by Gasteiger charge is 2.20. The molecule has 0 amide bonds. The summed E-state index contributed by atoms with van der Waals surface area (Å²) < 4.78 is 24.6. The van der Waals surface area contributed by atoms with E-state index in [2.05, 4.69) is 0 Å². The second-order valence-corrected chi connectivity index (χ2v) is 2.85. The molecule has 5 heteroatoms. The molecule has 0 saturated carbocycles. The molecule has 3 nitrogen and oxygen atoms in total. The lowest BCUT2D eigenvalue weighted by molar-refractivity contribution is -0.138. The van der Waals surface area contributed by atoms with E-state index in [1.165, 1.54) is 31.2 Å². The predicted octanol–water partition coefficient (Wildman–Crippen LogP) is 2.45. The summed E-state index contributed by atoms with van der Waals surface area (Å²) in [5, 5.41) is 7.60. The Kier molecular flexibility index (Phi) is 3.01. The van der Waals surface area contributed by atoms with Gasteiger partial charge in [-0.05, 0) is 23.9 Å². The van der Waals surface area contributed by atoms with Crippen LogP contribution < -0.4 is 5.34 Å². The number of para-hydroxylation sites is 1. The molecule has 1 aromatic rings. The number of aliphatic carboxylic acids is 1. The van der Waals surface area contributed by atoms with Gasteiger partial charge in [0, 0.05) is 0 Å². The third kappa shape index (κ3) is 1.99. The third-order valence-corrected chi connectivity index (χ3v) is 1.96. The molecule has 0 aliphatic rings. The van der Waals surface area contributed by atoms with Crippen LogP contribution in [0.5, 0.6) is 0 Å². The van der Waals surface area contributed by atoms with Gasteiger partial charge in [-0.25, -0.2) is 0 Å². The molecule has 1 rings (SSSR count). The van der Waals surface area contributed by atoms with Crippen LogP contribution >= 0.6 is 0 Å². The minimum atomic E-state index is -1.13. The van der Waals surface area contributed by atoms with Crippen LogP contribution in [0.3, 0.4) is 0 Å². The zero-order valence-electron chi connectivity index (χ0n) is 7.45. The molecule has 1 N–H and O–H groups in total. The van der Waals surface area contributed by atoms with Crippen molar-refractivity contribution in [2.45, 2.75) is 12.8 Å². The molecule has 76 valence electrons. The van der Waals surface area contributed by atoms with Crippen molar-refractivity contribution in [2.24, 2.45) is 0 Å². The van der Waals surface area contributed by atoms with Crippen LogP contribution in [-0.2, 0) is 4.79 Å². The lowest BCUT2D eigenvalue weighted by atomic mass is 10.00. The first-order chi connectivity index (χ1) is 6.54. The SMILES string of the molecule is CC(C(=O)O)c1ccccc1N(F)F. The molecule has 1 aromatic carbocycles. The van der Waals surface area contributed by atoms with E-state index in [-0.39, 0.29) is 11.3 Å². The van der Waals surface area contributed by atoms with Crippen LogP contribution in [0, 0.1) is 0 Å². The molecule has 0 radical (unpaired) electrons. The molecule has 0 aliphatic heterocycles. The number of carbonyl (C=O) groups is 1. The van der Waals surface area contributed by atoms with E-state index in [1.807, 2.05) is 0 Å². The molecule has 0 aliphatic carbocycles. The van der Waals surface area contributed by atoms with Gasteiger partial charge in [0.15, 0.2) is 0 Å². The zero-order valence-corrected chi connectivity index (χ0v) is 7.45. The molecule has 1 unspecified atom stereocenters. The first-order valence-electron chi connectivity index (χ1n) is 3.97. The Hall–Kier alpha value is -1.65. The zero-order chi connectivity index (χ0) is 10.7. The summed E-state index contributed by atoms with van der Waals surface area (Å²) in [7, 11) is 0. The van der Waals surface area contributed by atoms with Gasteiger partial charge in [-0.2, -0.15) is 0 Å². The van der Waals surface area contributed by atoms with Crippen LogP contribution in [0.25, 0.3) is 0 Å². The number of benzene rings is 1. The fourth-order valence-corrected chi connectivity index (χ4v) is 1.14. The lowest BCUT2D eigenvalue weighted by Crippen LogP contribution is -2.11. The summed E-state index contributed by atoms with van der Waals surface area (Å²) in [4.78, 5) is 10.6. The molecular formula is C9H9F2NO2. The van der Waals surface area contributed by atoms with Crippen LogP contribution in [0.1, 0.15) is 18.4 Å². The fourth-order valence-electron chi connectivity index (χ4n) is 1.14. The van der Waals surface area contributed by atoms with Crippen molar-refractivity contribution in [2.75, 3.05) is 5.34 Å². The highest BCUT2D eigenvalue weighted by molar-refractivity contribution is 5.78. The van der Waals surface area contributed by atoms with Gasteiger partial charge >= 0.3 is 5.97 Å². The number of rotatable bonds is 3. The van der Waals surface area contributed by atoms with Crippen molar-refractivity contribution in [3.8, 4) is 0 Å². The molecule has 14 heavy (non-hydrogen) atoms. The lowest BCUT2D eigenvalue weighted by Gasteiger charge is -2.12. The minimum absolute atomic E-state index is 0.102. The van der Waals surface area contributed by atoms with Gasteiger partial charge in [0.25, 0.3) is 0 Å². The van der Waals surface area contributed by atoms with E-state index in [0.29, 0.717) is 0 Å². The molecule has 0 fully saturated rings. The van der Waals surface area contributed by atoms with E-state index in [0.717, 1.165) is 0 Å². The number of nitrogens with zero attached hydrogens (tertiary/aromatic N) is 1. The Labute approximate surface area is 79.4 Å². The molecule has 1 atom stereocenters. The van der Waals surface area contributed by atoms with E-state index >= 15 is 0 Å². The van der Waals surface area contributed by atoms with Gasteiger partial charge in [0.2, 0.25) is 0 Å². The van der Waals surface area contributed by atoms with Gasteiger partial charge in [-0.1, -0.05) is 27.2 Å². The number of halogens is 2. The monoisotopic (exact) mass is 201 g/mol. The van der Waals surface area contributed by atoms with Crippen molar-refractivity contribution in [3.63, 3.8) is 0 Å². The van der Waals surface area contributed by atoms with Crippen LogP contribution in [0.2, 0.25) is 0 Å².